The van der Waals surface area contributed by atoms with E-state index < -0.39 is 0 Å². The van der Waals surface area contributed by atoms with Gasteiger partial charge in [0.2, 0.25) is 0 Å². The molecule has 1 aromatic rings. The molecule has 0 fully saturated rings. The topological polar surface area (TPSA) is 31.4 Å². The Kier molecular flexibility index (Phi) is 7.63. The Hall–Kier alpha value is -0.650. The summed E-state index contributed by atoms with van der Waals surface area (Å²) in [7, 11) is 6.35. The number of rotatable bonds is 9. The molecule has 4 nitrogen and oxygen atoms in total. The van der Waals surface area contributed by atoms with E-state index in [1.807, 2.05) is 11.3 Å². The number of likely N-dealkylation sites (N-methyl/N-ethyl adjacent to an activating group) is 2. The zero-order valence-corrected chi connectivity index (χ0v) is 15.5. The largest absolute Gasteiger partial charge is 0.350 e. The lowest BCUT2D eigenvalue weighted by Crippen LogP contribution is -2.28. The van der Waals surface area contributed by atoms with Gasteiger partial charge >= 0.3 is 0 Å². The van der Waals surface area contributed by atoms with Gasteiger partial charge in [0, 0.05) is 31.6 Å². The van der Waals surface area contributed by atoms with E-state index in [0.717, 1.165) is 31.3 Å². The molecule has 0 spiro atoms. The van der Waals surface area contributed by atoms with Crippen LogP contribution in [-0.4, -0.2) is 50.7 Å². The van der Waals surface area contributed by atoms with Crippen LogP contribution in [0, 0.1) is 5.92 Å². The van der Waals surface area contributed by atoms with E-state index in [-0.39, 0.29) is 0 Å². The first-order valence-electron chi connectivity index (χ1n) is 7.87. The van der Waals surface area contributed by atoms with E-state index in [4.69, 9.17) is 4.98 Å². The van der Waals surface area contributed by atoms with Gasteiger partial charge in [-0.2, -0.15) is 0 Å². The monoisotopic (exact) mass is 312 g/mol. The molecule has 1 N–H and O–H groups in total. The van der Waals surface area contributed by atoms with E-state index in [1.54, 1.807) is 0 Å². The van der Waals surface area contributed by atoms with E-state index >= 15 is 0 Å². The Morgan fingerprint density at radius 1 is 1.10 bits per heavy atom. The van der Waals surface area contributed by atoms with E-state index in [1.165, 1.54) is 10.6 Å². The lowest BCUT2D eigenvalue weighted by Gasteiger charge is -2.18. The van der Waals surface area contributed by atoms with Crippen molar-refractivity contribution in [2.75, 3.05) is 45.7 Å². The molecule has 0 aliphatic heterocycles. The van der Waals surface area contributed by atoms with Crippen molar-refractivity contribution in [3.63, 3.8) is 0 Å². The van der Waals surface area contributed by atoms with Crippen LogP contribution >= 0.6 is 11.3 Å². The summed E-state index contributed by atoms with van der Waals surface area (Å²) in [4.78, 5) is 10.7. The average Bonchev–Trinajstić information content (AvgIpc) is 2.79. The second-order valence-corrected chi connectivity index (χ2v) is 7.77. The minimum absolute atomic E-state index is 0.480. The quantitative estimate of drug-likeness (QED) is 0.759. The molecule has 0 atom stereocenters. The van der Waals surface area contributed by atoms with Crippen LogP contribution in [0.1, 0.15) is 44.2 Å². The third-order valence-corrected chi connectivity index (χ3v) is 4.50. The zero-order valence-electron chi connectivity index (χ0n) is 14.7. The molecule has 1 heterocycles. The molecule has 0 aromatic carbocycles. The maximum atomic E-state index is 4.87. The van der Waals surface area contributed by atoms with Crippen molar-refractivity contribution in [2.45, 2.75) is 40.2 Å². The molecule has 0 saturated carbocycles. The fourth-order valence-electron chi connectivity index (χ4n) is 2.01. The number of hydrogen-bond acceptors (Lipinski definition) is 5. The van der Waals surface area contributed by atoms with Crippen LogP contribution < -0.4 is 10.2 Å². The van der Waals surface area contributed by atoms with Gasteiger partial charge in [-0.1, -0.05) is 27.7 Å². The normalized spacial score (nSPS) is 11.9. The van der Waals surface area contributed by atoms with Crippen molar-refractivity contribution in [3.05, 3.63) is 10.6 Å². The second kappa shape index (κ2) is 8.71. The molecule has 0 bridgehead atoms. The summed E-state index contributed by atoms with van der Waals surface area (Å²) < 4.78 is 0. The smallest absolute Gasteiger partial charge is 0.185 e. The van der Waals surface area contributed by atoms with Gasteiger partial charge < -0.3 is 15.1 Å². The standard InChI is InChI=1S/C16H32N4S/c1-12(2)10-17-11-14-15(13(3)4)18-16(21-14)20(7)9-8-19(5)6/h12-13,17H,8-11H2,1-7H3. The van der Waals surface area contributed by atoms with Gasteiger partial charge in [-0.25, -0.2) is 4.98 Å². The fourth-order valence-corrected chi connectivity index (χ4v) is 3.18. The van der Waals surface area contributed by atoms with Gasteiger partial charge in [0.15, 0.2) is 5.13 Å². The highest BCUT2D eigenvalue weighted by atomic mass is 32.1. The van der Waals surface area contributed by atoms with Crippen LogP contribution in [0.15, 0.2) is 0 Å². The summed E-state index contributed by atoms with van der Waals surface area (Å²) >= 11 is 1.83. The molecule has 0 aliphatic carbocycles. The van der Waals surface area contributed by atoms with Crippen molar-refractivity contribution in [3.8, 4) is 0 Å². The van der Waals surface area contributed by atoms with Crippen LogP contribution in [0.5, 0.6) is 0 Å². The van der Waals surface area contributed by atoms with Crippen LogP contribution in [-0.2, 0) is 6.54 Å². The summed E-state index contributed by atoms with van der Waals surface area (Å²) in [6.45, 7) is 13.0. The Bertz CT molecular complexity index is 412. The average molecular weight is 313 g/mol. The van der Waals surface area contributed by atoms with Crippen molar-refractivity contribution in [1.82, 2.24) is 15.2 Å². The molecule has 0 saturated heterocycles. The van der Waals surface area contributed by atoms with Crippen molar-refractivity contribution >= 4 is 16.5 Å². The first-order chi connectivity index (χ1) is 9.81. The molecule has 0 unspecified atom stereocenters. The first kappa shape index (κ1) is 18.4. The lowest BCUT2D eigenvalue weighted by molar-refractivity contribution is 0.416. The zero-order chi connectivity index (χ0) is 16.0. The third kappa shape index (κ3) is 6.32. The summed E-state index contributed by atoms with van der Waals surface area (Å²) in [5.74, 6) is 1.16. The molecule has 0 amide bonds. The molecule has 0 aliphatic rings. The predicted molar refractivity (Wildman–Crippen MR) is 94.6 cm³/mol. The summed E-state index contributed by atoms with van der Waals surface area (Å²) in [6.07, 6.45) is 0. The Balaban J connectivity index is 2.73. The van der Waals surface area contributed by atoms with Gasteiger partial charge in [-0.15, -0.1) is 11.3 Å². The highest BCUT2D eigenvalue weighted by molar-refractivity contribution is 7.15. The van der Waals surface area contributed by atoms with Gasteiger partial charge in [-0.3, -0.25) is 0 Å². The Morgan fingerprint density at radius 3 is 2.29 bits per heavy atom. The third-order valence-electron chi connectivity index (χ3n) is 3.31. The minimum atomic E-state index is 0.480. The molecule has 0 radical (unpaired) electrons. The van der Waals surface area contributed by atoms with Gasteiger partial charge in [0.25, 0.3) is 0 Å². The van der Waals surface area contributed by atoms with Gasteiger partial charge in [0.1, 0.15) is 0 Å². The van der Waals surface area contributed by atoms with E-state index in [0.29, 0.717) is 11.8 Å². The fraction of sp³-hybridized carbons (Fsp3) is 0.812. The molecule has 1 aromatic heterocycles. The summed E-state index contributed by atoms with van der Waals surface area (Å²) in [6, 6.07) is 0. The molecule has 1 rings (SSSR count). The van der Waals surface area contributed by atoms with E-state index in [9.17, 15) is 0 Å². The number of anilines is 1. The maximum Gasteiger partial charge on any atom is 0.185 e. The summed E-state index contributed by atoms with van der Waals surface area (Å²) in [5.41, 5.74) is 1.25. The van der Waals surface area contributed by atoms with Crippen molar-refractivity contribution in [1.29, 1.82) is 0 Å². The number of thiazole rings is 1. The molecule has 21 heavy (non-hydrogen) atoms. The lowest BCUT2D eigenvalue weighted by atomic mass is 10.1. The molecule has 122 valence electrons. The molecular formula is C16H32N4S. The van der Waals surface area contributed by atoms with Crippen LogP contribution in [0.3, 0.4) is 0 Å². The SMILES string of the molecule is CC(C)CNCc1sc(N(C)CCN(C)C)nc1C(C)C. The minimum Gasteiger partial charge on any atom is -0.350 e. The Morgan fingerprint density at radius 2 is 1.76 bits per heavy atom. The van der Waals surface area contributed by atoms with E-state index in [2.05, 4.69) is 64.0 Å². The summed E-state index contributed by atoms with van der Waals surface area (Å²) in [5, 5.41) is 4.68. The van der Waals surface area contributed by atoms with Gasteiger partial charge in [-0.05, 0) is 32.5 Å². The Labute approximate surface area is 134 Å². The van der Waals surface area contributed by atoms with Crippen LogP contribution in [0.2, 0.25) is 0 Å². The first-order valence-corrected chi connectivity index (χ1v) is 8.69. The molecular weight excluding hydrogens is 280 g/mol. The number of aromatic nitrogens is 1. The number of hydrogen-bond donors (Lipinski definition) is 1. The number of nitrogens with zero attached hydrogens (tertiary/aromatic N) is 3. The number of nitrogens with one attached hydrogen (secondary N) is 1. The van der Waals surface area contributed by atoms with Crippen molar-refractivity contribution in [2.24, 2.45) is 5.92 Å². The van der Waals surface area contributed by atoms with Crippen LogP contribution in [0.4, 0.5) is 5.13 Å². The molecule has 5 heteroatoms. The highest BCUT2D eigenvalue weighted by Gasteiger charge is 2.16. The second-order valence-electron chi connectivity index (χ2n) is 6.71. The van der Waals surface area contributed by atoms with Crippen LogP contribution in [0.25, 0.3) is 0 Å². The predicted octanol–water partition coefficient (Wildman–Crippen LogP) is 3.01. The highest BCUT2D eigenvalue weighted by Crippen LogP contribution is 2.30. The van der Waals surface area contributed by atoms with Crippen molar-refractivity contribution < 1.29 is 0 Å². The maximum absolute atomic E-state index is 4.87. The van der Waals surface area contributed by atoms with Gasteiger partial charge in [0.05, 0.1) is 5.69 Å².